The van der Waals surface area contributed by atoms with Gasteiger partial charge in [0.1, 0.15) is 0 Å². The smallest absolute Gasteiger partial charge is 0.171 e. The van der Waals surface area contributed by atoms with Gasteiger partial charge in [0.15, 0.2) is 17.0 Å². The Morgan fingerprint density at radius 1 is 0.607 bits per heavy atom. The van der Waals surface area contributed by atoms with Crippen molar-refractivity contribution in [2.24, 2.45) is 5.92 Å². The highest BCUT2D eigenvalue weighted by atomic mass is 19.1. The van der Waals surface area contributed by atoms with Crippen molar-refractivity contribution >= 4 is 71.5 Å². The van der Waals surface area contributed by atoms with Gasteiger partial charge < -0.3 is 13.9 Å². The van der Waals surface area contributed by atoms with Crippen LogP contribution >= 0.6 is 0 Å². The average Bonchev–Trinajstić information content (AvgIpc) is 3.97. The van der Waals surface area contributed by atoms with E-state index >= 15 is 4.39 Å². The quantitative estimate of drug-likeness (QED) is 0.178. The third-order valence-electron chi connectivity index (χ3n) is 14.3. The Morgan fingerprint density at radius 2 is 1.34 bits per heavy atom. The van der Waals surface area contributed by atoms with Crippen LogP contribution in [-0.4, -0.2) is 10.6 Å². The fourth-order valence-corrected chi connectivity index (χ4v) is 12.0. The van der Waals surface area contributed by atoms with E-state index in [1.807, 2.05) is 6.07 Å². The number of rotatable bonds is 3. The molecule has 0 saturated heterocycles. The molecule has 3 nitrogen and oxygen atoms in total. The first-order valence-electron chi connectivity index (χ1n) is 21.4. The molecule has 7 aromatic carbocycles. The lowest BCUT2D eigenvalue weighted by Crippen LogP contribution is -2.35. The Morgan fingerprint density at radius 3 is 2.25 bits per heavy atom. The van der Waals surface area contributed by atoms with Crippen molar-refractivity contribution in [2.75, 3.05) is 4.90 Å². The summed E-state index contributed by atoms with van der Waals surface area (Å²) < 4.78 is 24.6. The van der Waals surface area contributed by atoms with Crippen molar-refractivity contribution in [3.05, 3.63) is 227 Å². The van der Waals surface area contributed by atoms with E-state index in [2.05, 4.69) is 179 Å². The van der Waals surface area contributed by atoms with E-state index < -0.39 is 5.41 Å². The predicted octanol–water partition coefficient (Wildman–Crippen LogP) is 14.5. The number of benzene rings is 7. The lowest BCUT2D eigenvalue weighted by Gasteiger charge is -2.42. The zero-order valence-electron chi connectivity index (χ0n) is 33.1. The molecule has 5 aliphatic rings. The Kier molecular flexibility index (Phi) is 6.62. The summed E-state index contributed by atoms with van der Waals surface area (Å²) in [5, 5.41) is 6.63. The van der Waals surface area contributed by atoms with Crippen LogP contribution in [0.2, 0.25) is 0 Å². The predicted molar refractivity (Wildman–Crippen MR) is 249 cm³/mol. The van der Waals surface area contributed by atoms with Crippen LogP contribution in [0.5, 0.6) is 0 Å². The first-order valence-corrected chi connectivity index (χ1v) is 21.4. The zero-order valence-corrected chi connectivity index (χ0v) is 33.1. The molecule has 3 atom stereocenters. The molecular weight excluding hydrogens is 748 g/mol. The lowest BCUT2D eigenvalue weighted by atomic mass is 9.63. The number of anilines is 2. The van der Waals surface area contributed by atoms with Crippen LogP contribution in [0.15, 0.2) is 204 Å². The lowest BCUT2D eigenvalue weighted by molar-refractivity contribution is 0.583. The van der Waals surface area contributed by atoms with Crippen LogP contribution in [0.4, 0.5) is 15.8 Å². The van der Waals surface area contributed by atoms with Crippen LogP contribution in [-0.2, 0) is 5.41 Å². The van der Waals surface area contributed by atoms with Crippen molar-refractivity contribution in [3.8, 4) is 5.69 Å². The van der Waals surface area contributed by atoms with Gasteiger partial charge in [-0.15, -0.1) is 0 Å². The molecule has 0 fully saturated rings. The average molecular weight is 785 g/mol. The van der Waals surface area contributed by atoms with Crippen LogP contribution in [0.25, 0.3) is 65.8 Å². The van der Waals surface area contributed by atoms with E-state index in [9.17, 15) is 0 Å². The number of halogens is 1. The number of fused-ring (bicyclic) bond motifs is 18. The number of allylic oxidation sites excluding steroid dienone is 10. The Labute approximate surface area is 351 Å². The van der Waals surface area contributed by atoms with Gasteiger partial charge in [0.05, 0.1) is 39.6 Å². The van der Waals surface area contributed by atoms with Crippen molar-refractivity contribution in [3.63, 3.8) is 0 Å². The SMILES string of the molecule is Fc1cccc2c1oc1c(N(c3cc4c(c5ccccc35)C3=C(C=CC5=CC=CCC53)C43c4ccccc4-n4c5ccccc5c5cccc3c54)C3C=CC=CC3)cccc12. The van der Waals surface area contributed by atoms with E-state index in [0.29, 0.717) is 5.58 Å². The van der Waals surface area contributed by atoms with Crippen LogP contribution in [0, 0.1) is 11.7 Å². The summed E-state index contributed by atoms with van der Waals surface area (Å²) in [5.41, 5.74) is 15.4. The molecule has 0 radical (unpaired) electrons. The summed E-state index contributed by atoms with van der Waals surface area (Å²) in [6, 6.07) is 48.0. The minimum atomic E-state index is -0.629. The summed E-state index contributed by atoms with van der Waals surface area (Å²) in [6.07, 6.45) is 22.3. The molecule has 0 saturated carbocycles. The van der Waals surface area contributed by atoms with Crippen molar-refractivity contribution in [2.45, 2.75) is 24.3 Å². The normalized spacial score (nSPS) is 20.6. The second-order valence-electron chi connectivity index (χ2n) is 17.1. The fraction of sp³-hybridized carbons (Fsp3) is 0.0877. The molecule has 4 heteroatoms. The minimum absolute atomic E-state index is 0.0300. The largest absolute Gasteiger partial charge is 0.451 e. The van der Waals surface area contributed by atoms with E-state index in [-0.39, 0.29) is 23.4 Å². The van der Waals surface area contributed by atoms with Crippen molar-refractivity contribution in [1.82, 2.24) is 4.57 Å². The van der Waals surface area contributed by atoms with E-state index in [4.69, 9.17) is 4.42 Å². The summed E-state index contributed by atoms with van der Waals surface area (Å²) in [4.78, 5) is 2.48. The second kappa shape index (κ2) is 12.1. The van der Waals surface area contributed by atoms with Gasteiger partial charge in [0.2, 0.25) is 0 Å². The highest BCUT2D eigenvalue weighted by molar-refractivity contribution is 6.16. The van der Waals surface area contributed by atoms with Gasteiger partial charge in [-0.25, -0.2) is 4.39 Å². The molecular formula is C57H37FN2O. The van der Waals surface area contributed by atoms with Crippen molar-refractivity contribution < 1.29 is 8.81 Å². The van der Waals surface area contributed by atoms with Crippen LogP contribution < -0.4 is 4.90 Å². The molecule has 0 N–H and O–H groups in total. The van der Waals surface area contributed by atoms with E-state index in [1.165, 1.54) is 83.3 Å². The van der Waals surface area contributed by atoms with Gasteiger partial charge in [-0.3, -0.25) is 0 Å². The maximum absolute atomic E-state index is 15.5. The summed E-state index contributed by atoms with van der Waals surface area (Å²) in [7, 11) is 0. The Balaban J connectivity index is 1.16. The van der Waals surface area contributed by atoms with E-state index in [0.717, 1.165) is 35.0 Å². The molecule has 3 unspecified atom stereocenters. The third-order valence-corrected chi connectivity index (χ3v) is 14.3. The van der Waals surface area contributed by atoms with Gasteiger partial charge in [0.25, 0.3) is 0 Å². The Bertz CT molecular complexity index is 3640. The molecule has 14 rings (SSSR count). The number of hydrogen-bond acceptors (Lipinski definition) is 2. The molecule has 0 amide bonds. The number of aromatic nitrogens is 1. The van der Waals surface area contributed by atoms with Crippen molar-refractivity contribution in [1.29, 1.82) is 0 Å². The van der Waals surface area contributed by atoms with Crippen LogP contribution in [0.3, 0.4) is 0 Å². The van der Waals surface area contributed by atoms with E-state index in [1.54, 1.807) is 6.07 Å². The van der Waals surface area contributed by atoms with Gasteiger partial charge in [0, 0.05) is 32.8 Å². The highest BCUT2D eigenvalue weighted by Gasteiger charge is 2.54. The molecule has 288 valence electrons. The maximum atomic E-state index is 15.5. The molecule has 1 spiro atoms. The maximum Gasteiger partial charge on any atom is 0.171 e. The number of furan rings is 1. The monoisotopic (exact) mass is 784 g/mol. The molecule has 4 aliphatic carbocycles. The van der Waals surface area contributed by atoms with Gasteiger partial charge in [-0.1, -0.05) is 158 Å². The minimum Gasteiger partial charge on any atom is -0.451 e. The first kappa shape index (κ1) is 33.4. The number of para-hydroxylation sites is 5. The topological polar surface area (TPSA) is 21.3 Å². The van der Waals surface area contributed by atoms with Gasteiger partial charge >= 0.3 is 0 Å². The summed E-state index contributed by atoms with van der Waals surface area (Å²) in [6.45, 7) is 0. The molecule has 1 aliphatic heterocycles. The number of hydrogen-bond donors (Lipinski definition) is 0. The molecule has 0 bridgehead atoms. The second-order valence-corrected chi connectivity index (χ2v) is 17.1. The fourth-order valence-electron chi connectivity index (χ4n) is 12.0. The molecule has 3 heterocycles. The molecule has 61 heavy (non-hydrogen) atoms. The highest BCUT2D eigenvalue weighted by Crippen LogP contribution is 2.65. The Hall–Kier alpha value is -7.43. The van der Waals surface area contributed by atoms with Gasteiger partial charge in [-0.2, -0.15) is 0 Å². The summed E-state index contributed by atoms with van der Waals surface area (Å²) in [5.74, 6) is -0.131. The number of nitrogens with zero attached hydrogens (tertiary/aromatic N) is 2. The zero-order chi connectivity index (χ0) is 40.0. The van der Waals surface area contributed by atoms with Crippen LogP contribution in [0.1, 0.15) is 35.1 Å². The summed E-state index contributed by atoms with van der Waals surface area (Å²) >= 11 is 0. The van der Waals surface area contributed by atoms with Gasteiger partial charge in [-0.05, 0) is 87.5 Å². The third kappa shape index (κ3) is 4.17. The molecule has 9 aromatic rings. The molecule has 2 aromatic heterocycles. The standard InChI is InChI=1S/C57H37FN2O/c58-47-27-13-23-41-42-24-14-30-50(56(42)61-55(41)47)59(35-16-2-1-3-17-35)51-33-46-53(39-21-7-6-19-37(39)51)52-36-18-5-4-15-34(36)31-32-44(52)57(46)43-25-9-11-29-49(43)60-48-28-10-8-20-38(48)40-22-12-26-45(57)54(40)60/h1-16,19-33,35-36H,17-18H2. The first-order chi connectivity index (χ1) is 30.2.